The van der Waals surface area contributed by atoms with E-state index in [0.29, 0.717) is 24.0 Å². The summed E-state index contributed by atoms with van der Waals surface area (Å²) in [5.74, 6) is -1.69. The van der Waals surface area contributed by atoms with E-state index in [1.807, 2.05) is 20.8 Å². The molecular formula is C22H31NO6S2. The lowest BCUT2D eigenvalue weighted by Gasteiger charge is -2.21. The van der Waals surface area contributed by atoms with E-state index in [9.17, 15) is 24.3 Å². The van der Waals surface area contributed by atoms with Crippen molar-refractivity contribution < 1.29 is 29.0 Å². The van der Waals surface area contributed by atoms with Crippen LogP contribution in [0.4, 0.5) is 0 Å². The topological polar surface area (TPSA) is 110 Å². The molecule has 9 heteroatoms. The van der Waals surface area contributed by atoms with Gasteiger partial charge in [0, 0.05) is 30.2 Å². The molecule has 31 heavy (non-hydrogen) atoms. The first-order chi connectivity index (χ1) is 14.6. The standard InChI is InChI=1S/C22H31NO6S2/c1-5-6-11-19(29-20(25)12-14(2)3)16-9-7-8-10-17(16)22(28)31-30-13-18(21(26)27)23-15(4)24/h7-10,14,18-19H,5-6,11-13H2,1-4H3,(H,23,24)(H,26,27)/t18-,19?/m0/s1. The number of carboxylic acids is 1. The monoisotopic (exact) mass is 469 g/mol. The van der Waals surface area contributed by atoms with Crippen LogP contribution in [-0.2, 0) is 19.1 Å². The molecule has 1 amide bonds. The normalized spacial score (nSPS) is 12.8. The summed E-state index contributed by atoms with van der Waals surface area (Å²) in [7, 11) is 1.97. The van der Waals surface area contributed by atoms with Gasteiger partial charge in [-0.15, -0.1) is 0 Å². The van der Waals surface area contributed by atoms with Gasteiger partial charge >= 0.3 is 11.9 Å². The first-order valence-electron chi connectivity index (χ1n) is 10.3. The number of ether oxygens (including phenoxy) is 1. The van der Waals surface area contributed by atoms with Crippen molar-refractivity contribution in [1.29, 1.82) is 0 Å². The third kappa shape index (κ3) is 10.2. The van der Waals surface area contributed by atoms with Gasteiger partial charge in [-0.1, -0.05) is 62.3 Å². The fraction of sp³-hybridized carbons (Fsp3) is 0.545. The van der Waals surface area contributed by atoms with Crippen LogP contribution in [0.15, 0.2) is 24.3 Å². The van der Waals surface area contributed by atoms with E-state index >= 15 is 0 Å². The predicted molar refractivity (Wildman–Crippen MR) is 124 cm³/mol. The molecule has 0 saturated carbocycles. The number of carbonyl (C=O) groups is 4. The van der Waals surface area contributed by atoms with Crippen LogP contribution in [0.2, 0.25) is 0 Å². The van der Waals surface area contributed by atoms with E-state index < -0.39 is 24.0 Å². The lowest BCUT2D eigenvalue weighted by molar-refractivity contribution is -0.150. The molecule has 0 spiro atoms. The maximum absolute atomic E-state index is 12.8. The lowest BCUT2D eigenvalue weighted by Crippen LogP contribution is -2.41. The van der Waals surface area contributed by atoms with Crippen LogP contribution in [0.3, 0.4) is 0 Å². The molecule has 2 atom stereocenters. The molecule has 0 bridgehead atoms. The molecule has 0 fully saturated rings. The van der Waals surface area contributed by atoms with Gasteiger partial charge in [-0.3, -0.25) is 14.4 Å². The third-order valence-electron chi connectivity index (χ3n) is 4.24. The molecule has 1 aromatic rings. The third-order valence-corrected chi connectivity index (χ3v) is 6.42. The molecule has 0 aliphatic rings. The Kier molecular flexibility index (Phi) is 12.3. The number of aliphatic carboxylic acids is 1. The van der Waals surface area contributed by atoms with E-state index in [0.717, 1.165) is 34.4 Å². The number of amides is 1. The second kappa shape index (κ2) is 14.1. The molecule has 7 nitrogen and oxygen atoms in total. The van der Waals surface area contributed by atoms with Gasteiger partial charge in [-0.25, -0.2) is 4.79 Å². The fourth-order valence-electron chi connectivity index (χ4n) is 2.79. The van der Waals surface area contributed by atoms with Crippen LogP contribution < -0.4 is 5.32 Å². The molecule has 2 N–H and O–H groups in total. The average molecular weight is 470 g/mol. The van der Waals surface area contributed by atoms with Crippen molar-refractivity contribution in [3.05, 3.63) is 35.4 Å². The summed E-state index contributed by atoms with van der Waals surface area (Å²) in [6, 6.07) is 5.94. The molecule has 0 aliphatic carbocycles. The zero-order valence-electron chi connectivity index (χ0n) is 18.4. The molecule has 0 radical (unpaired) electrons. The lowest BCUT2D eigenvalue weighted by atomic mass is 9.98. The van der Waals surface area contributed by atoms with E-state index in [4.69, 9.17) is 4.74 Å². The molecule has 1 aromatic carbocycles. The Labute approximate surface area is 191 Å². The average Bonchev–Trinajstić information content (AvgIpc) is 2.69. The highest BCUT2D eigenvalue weighted by atomic mass is 33.1. The van der Waals surface area contributed by atoms with Crippen LogP contribution in [0, 0.1) is 5.92 Å². The summed E-state index contributed by atoms with van der Waals surface area (Å²) < 4.78 is 5.73. The van der Waals surface area contributed by atoms with Gasteiger partial charge in [0.15, 0.2) is 0 Å². The minimum absolute atomic E-state index is 0.0378. The molecule has 0 aromatic heterocycles. The Morgan fingerprint density at radius 1 is 1.16 bits per heavy atom. The van der Waals surface area contributed by atoms with Crippen molar-refractivity contribution in [2.24, 2.45) is 5.92 Å². The van der Waals surface area contributed by atoms with Crippen molar-refractivity contribution in [3.8, 4) is 0 Å². The highest BCUT2D eigenvalue weighted by Gasteiger charge is 2.24. The Bertz CT molecular complexity index is 768. The van der Waals surface area contributed by atoms with Gasteiger partial charge in [-0.2, -0.15) is 0 Å². The minimum atomic E-state index is -1.16. The summed E-state index contributed by atoms with van der Waals surface area (Å²) in [6.45, 7) is 7.18. The Morgan fingerprint density at radius 2 is 1.84 bits per heavy atom. The maximum Gasteiger partial charge on any atom is 0.327 e. The molecule has 1 unspecified atom stereocenters. The van der Waals surface area contributed by atoms with Gasteiger partial charge in [0.2, 0.25) is 11.0 Å². The molecule has 0 saturated heterocycles. The quantitative estimate of drug-likeness (QED) is 0.318. The first-order valence-corrected chi connectivity index (χ1v) is 12.6. The number of carboxylic acid groups (broad SMARTS) is 1. The number of benzene rings is 1. The largest absolute Gasteiger partial charge is 0.480 e. The number of rotatable bonds is 13. The van der Waals surface area contributed by atoms with Crippen molar-refractivity contribution >= 4 is 44.5 Å². The van der Waals surface area contributed by atoms with Crippen molar-refractivity contribution in [2.75, 3.05) is 5.75 Å². The molecule has 0 aliphatic heterocycles. The summed E-state index contributed by atoms with van der Waals surface area (Å²) in [5.41, 5.74) is 1.09. The molecular weight excluding hydrogens is 438 g/mol. The minimum Gasteiger partial charge on any atom is -0.480 e. The van der Waals surface area contributed by atoms with Crippen LogP contribution in [0.1, 0.15) is 75.4 Å². The van der Waals surface area contributed by atoms with E-state index in [2.05, 4.69) is 5.32 Å². The SMILES string of the molecule is CCCCC(OC(=O)CC(C)C)c1ccccc1C(=O)SSC[C@H](NC(C)=O)C(=O)O. The predicted octanol–water partition coefficient (Wildman–Crippen LogP) is 4.62. The van der Waals surface area contributed by atoms with E-state index in [1.54, 1.807) is 24.3 Å². The molecule has 172 valence electrons. The van der Waals surface area contributed by atoms with Crippen molar-refractivity contribution in [1.82, 2.24) is 5.32 Å². The summed E-state index contributed by atoms with van der Waals surface area (Å²) in [6.07, 6.45) is 2.19. The van der Waals surface area contributed by atoms with E-state index in [1.165, 1.54) is 6.92 Å². The Balaban J connectivity index is 2.92. The van der Waals surface area contributed by atoms with Crippen molar-refractivity contribution in [2.45, 2.75) is 65.5 Å². The number of nitrogens with one attached hydrogen (secondary N) is 1. The van der Waals surface area contributed by atoms with Gasteiger partial charge in [0.25, 0.3) is 0 Å². The van der Waals surface area contributed by atoms with Gasteiger partial charge < -0.3 is 15.2 Å². The fourth-order valence-corrected chi connectivity index (χ4v) is 4.81. The number of esters is 1. The van der Waals surface area contributed by atoms with Gasteiger partial charge in [0.1, 0.15) is 12.1 Å². The van der Waals surface area contributed by atoms with Crippen LogP contribution in [0.5, 0.6) is 0 Å². The highest BCUT2D eigenvalue weighted by molar-refractivity contribution is 8.82. The second-order valence-electron chi connectivity index (χ2n) is 7.55. The van der Waals surface area contributed by atoms with Crippen molar-refractivity contribution in [3.63, 3.8) is 0 Å². The zero-order valence-corrected chi connectivity index (χ0v) is 20.0. The summed E-state index contributed by atoms with van der Waals surface area (Å²) >= 11 is 0. The maximum atomic E-state index is 12.8. The Hall–Kier alpha value is -2.00. The van der Waals surface area contributed by atoms with Crippen LogP contribution >= 0.6 is 21.6 Å². The number of carbonyl (C=O) groups excluding carboxylic acids is 3. The van der Waals surface area contributed by atoms with Gasteiger partial charge in [-0.05, 0) is 29.6 Å². The molecule has 0 heterocycles. The summed E-state index contributed by atoms with van der Waals surface area (Å²) in [4.78, 5) is 47.5. The Morgan fingerprint density at radius 3 is 2.42 bits per heavy atom. The molecule has 1 rings (SSSR count). The van der Waals surface area contributed by atoms with Gasteiger partial charge in [0.05, 0.1) is 0 Å². The van der Waals surface area contributed by atoms with Crippen LogP contribution in [0.25, 0.3) is 0 Å². The van der Waals surface area contributed by atoms with Crippen LogP contribution in [-0.4, -0.2) is 39.9 Å². The number of hydrogen-bond donors (Lipinski definition) is 2. The second-order valence-corrected chi connectivity index (χ2v) is 9.87. The first kappa shape index (κ1) is 27.0. The van der Waals surface area contributed by atoms with E-state index in [-0.39, 0.29) is 22.8 Å². The highest BCUT2D eigenvalue weighted by Crippen LogP contribution is 2.33. The smallest absolute Gasteiger partial charge is 0.327 e. The zero-order chi connectivity index (χ0) is 23.4. The number of unbranched alkanes of at least 4 members (excludes halogenated alkanes) is 1. The number of hydrogen-bond acceptors (Lipinski definition) is 7. The summed E-state index contributed by atoms with van der Waals surface area (Å²) in [5, 5.41) is 11.3.